The van der Waals surface area contributed by atoms with Gasteiger partial charge in [-0.1, -0.05) is 0 Å². The molecule has 0 unspecified atom stereocenters. The second-order valence-corrected chi connectivity index (χ2v) is 8.15. The van der Waals surface area contributed by atoms with Crippen molar-refractivity contribution in [3.05, 3.63) is 12.5 Å². The average Bonchev–Trinajstić information content (AvgIpc) is 3.01. The van der Waals surface area contributed by atoms with Gasteiger partial charge in [-0.3, -0.25) is 5.32 Å². The monoisotopic (exact) mass is 397 g/mol. The summed E-state index contributed by atoms with van der Waals surface area (Å²) in [6.07, 6.45) is -2.38. The van der Waals surface area contributed by atoms with Crippen LogP contribution < -0.4 is 10.1 Å². The fourth-order valence-corrected chi connectivity index (χ4v) is 4.13. The van der Waals surface area contributed by atoms with E-state index < -0.39 is 46.5 Å². The number of sulfonamides is 1. The number of urea groups is 1. The zero-order valence-electron chi connectivity index (χ0n) is 14.2. The van der Waals surface area contributed by atoms with Gasteiger partial charge < -0.3 is 9.64 Å². The van der Waals surface area contributed by atoms with Crippen LogP contribution in [0, 0.1) is 5.92 Å². The highest BCUT2D eigenvalue weighted by atomic mass is 32.2. The molecule has 0 saturated carbocycles. The Labute approximate surface area is 148 Å². The Morgan fingerprint density at radius 1 is 1.38 bits per heavy atom. The van der Waals surface area contributed by atoms with Crippen LogP contribution in [0.15, 0.2) is 12.5 Å². The van der Waals surface area contributed by atoms with E-state index in [1.807, 2.05) is 0 Å². The highest BCUT2D eigenvalue weighted by molar-refractivity contribution is 7.89. The number of carbonyl (C=O) groups is 1. The number of nitrogens with zero attached hydrogens (tertiary/aromatic N) is 4. The number of nitrogens with one attached hydrogen (secondary N) is 1. The van der Waals surface area contributed by atoms with Gasteiger partial charge in [0, 0.05) is 27.2 Å². The highest BCUT2D eigenvalue weighted by Gasteiger charge is 2.56. The van der Waals surface area contributed by atoms with E-state index in [9.17, 15) is 26.4 Å². The first-order valence-corrected chi connectivity index (χ1v) is 8.86. The number of rotatable bonds is 4. The van der Waals surface area contributed by atoms with Gasteiger partial charge in [-0.2, -0.15) is 13.2 Å². The maximum atomic E-state index is 13.3. The molecule has 0 aliphatic carbocycles. The number of hydrogen-bond acceptors (Lipinski definition) is 6. The third-order valence-corrected chi connectivity index (χ3v) is 6.25. The zero-order valence-corrected chi connectivity index (χ0v) is 15.0. The largest absolute Gasteiger partial charge is 0.491 e. The van der Waals surface area contributed by atoms with E-state index in [4.69, 9.17) is 4.74 Å². The fraction of sp³-hybridized carbons (Fsp3) is 0.615. The molecule has 1 aliphatic rings. The van der Waals surface area contributed by atoms with E-state index in [1.54, 1.807) is 0 Å². The van der Waals surface area contributed by atoms with Gasteiger partial charge in [0.15, 0.2) is 11.6 Å². The first kappa shape index (κ1) is 20.2. The Morgan fingerprint density at radius 2 is 2.04 bits per heavy atom. The van der Waals surface area contributed by atoms with Gasteiger partial charge in [0.2, 0.25) is 10.0 Å². The number of ether oxygens (including phenoxy) is 1. The minimum atomic E-state index is -4.77. The van der Waals surface area contributed by atoms with Crippen LogP contribution >= 0.6 is 0 Å². The van der Waals surface area contributed by atoms with Crippen LogP contribution in [-0.4, -0.2) is 79.3 Å². The lowest BCUT2D eigenvalue weighted by Gasteiger charge is -2.23. The van der Waals surface area contributed by atoms with Gasteiger partial charge in [-0.25, -0.2) is 27.5 Å². The molecule has 0 spiro atoms. The molecular formula is C13H18F3N5O4S. The molecule has 1 aromatic heterocycles. The van der Waals surface area contributed by atoms with Gasteiger partial charge in [0.25, 0.3) is 0 Å². The number of amides is 2. The van der Waals surface area contributed by atoms with Crippen LogP contribution in [0.2, 0.25) is 0 Å². The van der Waals surface area contributed by atoms with E-state index in [2.05, 4.69) is 15.3 Å². The molecule has 0 bridgehead atoms. The van der Waals surface area contributed by atoms with Crippen molar-refractivity contribution in [2.45, 2.75) is 11.4 Å². The number of aromatic nitrogens is 2. The highest BCUT2D eigenvalue weighted by Crippen LogP contribution is 2.38. The van der Waals surface area contributed by atoms with Crippen molar-refractivity contribution < 1.29 is 31.1 Å². The van der Waals surface area contributed by atoms with Gasteiger partial charge in [-0.05, 0) is 0 Å². The van der Waals surface area contributed by atoms with E-state index in [-0.39, 0.29) is 11.6 Å². The Hall–Kier alpha value is -2.15. The molecular weight excluding hydrogens is 379 g/mol. The van der Waals surface area contributed by atoms with Crippen LogP contribution in [0.5, 0.6) is 5.75 Å². The smallest absolute Gasteiger partial charge is 0.394 e. The molecule has 1 aliphatic heterocycles. The zero-order chi connectivity index (χ0) is 19.7. The number of alkyl halides is 3. The maximum absolute atomic E-state index is 13.3. The summed E-state index contributed by atoms with van der Waals surface area (Å²) in [6, 6.07) is -0.910. The van der Waals surface area contributed by atoms with Crippen LogP contribution in [0.3, 0.4) is 0 Å². The SMILES string of the molecule is COc1cncnc1NC(=O)N1C[C@@H](C(F)(F)F)[C@H](S(=O)(=O)N(C)C)C1. The summed E-state index contributed by atoms with van der Waals surface area (Å²) in [7, 11) is -0.610. The number of halogens is 3. The summed E-state index contributed by atoms with van der Waals surface area (Å²) in [5.74, 6) is -2.10. The third-order valence-electron chi connectivity index (χ3n) is 3.99. The molecule has 1 saturated heterocycles. The van der Waals surface area contributed by atoms with Crippen molar-refractivity contribution in [3.63, 3.8) is 0 Å². The van der Waals surface area contributed by atoms with Crippen molar-refractivity contribution in [1.29, 1.82) is 0 Å². The Kier molecular flexibility index (Phi) is 5.61. The minimum absolute atomic E-state index is 0.0324. The van der Waals surface area contributed by atoms with Crippen LogP contribution in [0.25, 0.3) is 0 Å². The summed E-state index contributed by atoms with van der Waals surface area (Å²) in [6.45, 7) is -1.37. The summed E-state index contributed by atoms with van der Waals surface area (Å²) in [5, 5.41) is 0.530. The molecule has 146 valence electrons. The second kappa shape index (κ2) is 7.23. The van der Waals surface area contributed by atoms with Crippen LogP contribution in [0.4, 0.5) is 23.8 Å². The van der Waals surface area contributed by atoms with Crippen LogP contribution in [0.1, 0.15) is 0 Å². The summed E-state index contributed by atoms with van der Waals surface area (Å²) in [5.41, 5.74) is 0. The predicted molar refractivity (Wildman–Crippen MR) is 85.1 cm³/mol. The normalized spacial score (nSPS) is 21.1. The number of carbonyl (C=O) groups excluding carboxylic acids is 1. The Balaban J connectivity index is 2.24. The van der Waals surface area contributed by atoms with Crippen molar-refractivity contribution in [3.8, 4) is 5.75 Å². The Bertz CT molecular complexity index is 771. The summed E-state index contributed by atoms with van der Waals surface area (Å²) < 4.78 is 70.1. The van der Waals surface area contributed by atoms with E-state index in [0.717, 1.165) is 29.6 Å². The topological polar surface area (TPSA) is 105 Å². The Morgan fingerprint density at radius 3 is 2.58 bits per heavy atom. The molecule has 1 fully saturated rings. The van der Waals surface area contributed by atoms with Gasteiger partial charge in [0.1, 0.15) is 11.6 Å². The first-order valence-electron chi connectivity index (χ1n) is 7.36. The minimum Gasteiger partial charge on any atom is -0.491 e. The number of likely N-dealkylation sites (tertiary alicyclic amines) is 1. The molecule has 0 radical (unpaired) electrons. The van der Waals surface area contributed by atoms with Crippen molar-refractivity contribution in [2.24, 2.45) is 5.92 Å². The molecule has 9 nitrogen and oxygen atoms in total. The third kappa shape index (κ3) is 3.98. The molecule has 13 heteroatoms. The summed E-state index contributed by atoms with van der Waals surface area (Å²) in [4.78, 5) is 20.6. The lowest BCUT2D eigenvalue weighted by Crippen LogP contribution is -2.43. The van der Waals surface area contributed by atoms with Crippen molar-refractivity contribution in [1.82, 2.24) is 19.2 Å². The number of hydrogen-bond donors (Lipinski definition) is 1. The molecule has 2 heterocycles. The molecule has 2 atom stereocenters. The van der Waals surface area contributed by atoms with Gasteiger partial charge in [0.05, 0.1) is 19.2 Å². The lowest BCUT2D eigenvalue weighted by atomic mass is 10.1. The van der Waals surface area contributed by atoms with Gasteiger partial charge in [-0.15, -0.1) is 0 Å². The number of anilines is 1. The maximum Gasteiger partial charge on any atom is 0.394 e. The van der Waals surface area contributed by atoms with Gasteiger partial charge >= 0.3 is 12.2 Å². The molecule has 2 rings (SSSR count). The predicted octanol–water partition coefficient (Wildman–Crippen LogP) is 0.771. The molecule has 1 N–H and O–H groups in total. The van der Waals surface area contributed by atoms with E-state index in [1.165, 1.54) is 13.3 Å². The van der Waals surface area contributed by atoms with Crippen molar-refractivity contribution in [2.75, 3.05) is 39.6 Å². The van der Waals surface area contributed by atoms with E-state index in [0.29, 0.717) is 0 Å². The van der Waals surface area contributed by atoms with Crippen molar-refractivity contribution >= 4 is 21.9 Å². The van der Waals surface area contributed by atoms with Crippen LogP contribution in [-0.2, 0) is 10.0 Å². The fourth-order valence-electron chi connectivity index (χ4n) is 2.57. The quantitative estimate of drug-likeness (QED) is 0.805. The molecule has 2 amide bonds. The standard InChI is InChI=1S/C13H18F3N5O4S/c1-20(2)26(23,24)10-6-21(5-8(10)13(14,15)16)12(22)19-11-9(25-3)4-17-7-18-11/h4,7-8,10H,5-6H2,1-3H3,(H,17,18,19,22)/t8-,10-/m1/s1. The van der Waals surface area contributed by atoms with E-state index >= 15 is 0 Å². The summed E-state index contributed by atoms with van der Waals surface area (Å²) >= 11 is 0. The number of methoxy groups -OCH3 is 1. The molecule has 0 aromatic carbocycles. The first-order chi connectivity index (χ1) is 12.0. The lowest BCUT2D eigenvalue weighted by molar-refractivity contribution is -0.169. The second-order valence-electron chi connectivity index (χ2n) is 5.79. The molecule has 26 heavy (non-hydrogen) atoms. The average molecular weight is 397 g/mol. The molecule has 1 aromatic rings.